The van der Waals surface area contributed by atoms with Gasteiger partial charge in [0.25, 0.3) is 0 Å². The van der Waals surface area contributed by atoms with E-state index in [1.165, 1.54) is 5.56 Å². The highest BCUT2D eigenvalue weighted by Crippen LogP contribution is 2.25. The third-order valence-corrected chi connectivity index (χ3v) is 4.18. The molecule has 0 fully saturated rings. The van der Waals surface area contributed by atoms with E-state index < -0.39 is 0 Å². The highest BCUT2D eigenvalue weighted by atomic mass is 16.5. The predicted molar refractivity (Wildman–Crippen MR) is 90.9 cm³/mol. The van der Waals surface area contributed by atoms with Gasteiger partial charge >= 0.3 is 0 Å². The minimum atomic E-state index is 0.0349. The molecule has 0 saturated carbocycles. The Bertz CT molecular complexity index is 422. The number of nitrogens with two attached hydrogens (primary N) is 1. The fourth-order valence-electron chi connectivity index (χ4n) is 2.56. The molecule has 0 spiro atoms. The second-order valence-electron chi connectivity index (χ2n) is 7.47. The van der Waals surface area contributed by atoms with Gasteiger partial charge in [-0.2, -0.15) is 0 Å². The number of ether oxygens (including phenoxy) is 1. The first-order valence-electron chi connectivity index (χ1n) is 7.74. The van der Waals surface area contributed by atoms with Gasteiger partial charge in [-0.15, -0.1) is 0 Å². The Balaban J connectivity index is 2.67. The van der Waals surface area contributed by atoms with Gasteiger partial charge in [0.2, 0.25) is 0 Å². The van der Waals surface area contributed by atoms with Crippen LogP contribution in [0, 0.1) is 5.41 Å². The molecule has 120 valence electrons. The number of aryl methyl sites for hydroxylation is 1. The van der Waals surface area contributed by atoms with Crippen molar-refractivity contribution in [1.82, 2.24) is 4.90 Å². The zero-order valence-corrected chi connectivity index (χ0v) is 14.6. The maximum atomic E-state index is 6.07. The van der Waals surface area contributed by atoms with Crippen molar-refractivity contribution in [3.8, 4) is 5.75 Å². The number of rotatable bonds is 7. The van der Waals surface area contributed by atoms with Crippen LogP contribution in [0.5, 0.6) is 5.75 Å². The maximum Gasteiger partial charge on any atom is 0.118 e. The molecule has 0 amide bonds. The molecule has 1 atom stereocenters. The average Bonchev–Trinajstić information content (AvgIpc) is 2.43. The van der Waals surface area contributed by atoms with Crippen LogP contribution in [0.3, 0.4) is 0 Å². The SMILES string of the molecule is COc1ccc(CCC(C)(CN)N(C)CC(C)(C)C)cc1. The lowest BCUT2D eigenvalue weighted by Gasteiger charge is -2.41. The normalized spacial score (nSPS) is 15.0. The van der Waals surface area contributed by atoms with Gasteiger partial charge in [0, 0.05) is 18.6 Å². The monoisotopic (exact) mass is 292 g/mol. The van der Waals surface area contributed by atoms with Gasteiger partial charge in [-0.3, -0.25) is 4.90 Å². The summed E-state index contributed by atoms with van der Waals surface area (Å²) in [6.45, 7) is 10.8. The molecule has 3 heteroatoms. The van der Waals surface area contributed by atoms with E-state index in [0.29, 0.717) is 6.54 Å². The van der Waals surface area contributed by atoms with Crippen molar-refractivity contribution in [2.75, 3.05) is 27.2 Å². The zero-order chi connectivity index (χ0) is 16.1. The number of likely N-dealkylation sites (N-methyl/N-ethyl adjacent to an activating group) is 1. The van der Waals surface area contributed by atoms with E-state index in [2.05, 4.69) is 51.8 Å². The van der Waals surface area contributed by atoms with Crippen LogP contribution in [0.15, 0.2) is 24.3 Å². The molecule has 0 aromatic heterocycles. The fourth-order valence-corrected chi connectivity index (χ4v) is 2.56. The molecule has 0 saturated heterocycles. The first kappa shape index (κ1) is 18.0. The van der Waals surface area contributed by atoms with Gasteiger partial charge < -0.3 is 10.5 Å². The number of benzene rings is 1. The molecule has 1 rings (SSSR count). The van der Waals surface area contributed by atoms with E-state index in [0.717, 1.165) is 25.1 Å². The summed E-state index contributed by atoms with van der Waals surface area (Å²) in [6, 6.07) is 8.32. The molecular formula is C18H32N2O. The van der Waals surface area contributed by atoms with Crippen molar-refractivity contribution in [1.29, 1.82) is 0 Å². The summed E-state index contributed by atoms with van der Waals surface area (Å²) in [5, 5.41) is 0. The zero-order valence-electron chi connectivity index (χ0n) is 14.6. The van der Waals surface area contributed by atoms with Crippen LogP contribution in [0.1, 0.15) is 39.7 Å². The summed E-state index contributed by atoms with van der Waals surface area (Å²) in [4.78, 5) is 2.41. The van der Waals surface area contributed by atoms with E-state index in [-0.39, 0.29) is 11.0 Å². The molecule has 0 aliphatic rings. The molecule has 0 heterocycles. The molecular weight excluding hydrogens is 260 g/mol. The topological polar surface area (TPSA) is 38.5 Å². The Kier molecular flexibility index (Phi) is 6.24. The van der Waals surface area contributed by atoms with E-state index in [4.69, 9.17) is 10.5 Å². The second kappa shape index (κ2) is 7.28. The molecule has 2 N–H and O–H groups in total. The quantitative estimate of drug-likeness (QED) is 0.838. The van der Waals surface area contributed by atoms with Crippen molar-refractivity contribution in [2.45, 2.75) is 46.1 Å². The van der Waals surface area contributed by atoms with Crippen molar-refractivity contribution >= 4 is 0 Å². The molecule has 21 heavy (non-hydrogen) atoms. The predicted octanol–water partition coefficient (Wildman–Crippen LogP) is 3.32. The van der Waals surface area contributed by atoms with Crippen molar-refractivity contribution in [3.05, 3.63) is 29.8 Å². The number of hydrogen-bond donors (Lipinski definition) is 1. The lowest BCUT2D eigenvalue weighted by atomic mass is 9.88. The Hall–Kier alpha value is -1.06. The fraction of sp³-hybridized carbons (Fsp3) is 0.667. The third kappa shape index (κ3) is 5.68. The highest BCUT2D eigenvalue weighted by Gasteiger charge is 2.30. The number of nitrogens with zero attached hydrogens (tertiary/aromatic N) is 1. The third-order valence-electron chi connectivity index (χ3n) is 4.18. The molecule has 3 nitrogen and oxygen atoms in total. The summed E-state index contributed by atoms with van der Waals surface area (Å²) in [5.74, 6) is 0.908. The van der Waals surface area contributed by atoms with Crippen LogP contribution in [0.2, 0.25) is 0 Å². The molecule has 0 aliphatic heterocycles. The lowest BCUT2D eigenvalue weighted by Crippen LogP contribution is -2.52. The molecule has 1 aromatic carbocycles. The van der Waals surface area contributed by atoms with E-state index in [1.54, 1.807) is 7.11 Å². The minimum Gasteiger partial charge on any atom is -0.497 e. The smallest absolute Gasteiger partial charge is 0.118 e. The Morgan fingerprint density at radius 2 is 1.67 bits per heavy atom. The van der Waals surface area contributed by atoms with Crippen LogP contribution >= 0.6 is 0 Å². The van der Waals surface area contributed by atoms with E-state index in [1.807, 2.05) is 12.1 Å². The van der Waals surface area contributed by atoms with Crippen molar-refractivity contribution in [2.24, 2.45) is 11.1 Å². The Labute approximate surface area is 130 Å². The minimum absolute atomic E-state index is 0.0349. The van der Waals surface area contributed by atoms with E-state index >= 15 is 0 Å². The van der Waals surface area contributed by atoms with Gasteiger partial charge in [0.1, 0.15) is 5.75 Å². The standard InChI is InChI=1S/C18H32N2O/c1-17(2,3)14-20(5)18(4,13-19)12-11-15-7-9-16(21-6)10-8-15/h7-10H,11-14,19H2,1-6H3. The summed E-state index contributed by atoms with van der Waals surface area (Å²) < 4.78 is 5.20. The van der Waals surface area contributed by atoms with Crippen LogP contribution in [-0.4, -0.2) is 37.7 Å². The first-order valence-corrected chi connectivity index (χ1v) is 7.74. The van der Waals surface area contributed by atoms with Gasteiger partial charge in [0.15, 0.2) is 0 Å². The first-order chi connectivity index (χ1) is 9.70. The largest absolute Gasteiger partial charge is 0.497 e. The highest BCUT2D eigenvalue weighted by molar-refractivity contribution is 5.27. The Morgan fingerprint density at radius 3 is 2.10 bits per heavy atom. The number of hydrogen-bond acceptors (Lipinski definition) is 3. The molecule has 0 bridgehead atoms. The Morgan fingerprint density at radius 1 is 1.10 bits per heavy atom. The van der Waals surface area contributed by atoms with Crippen LogP contribution in [-0.2, 0) is 6.42 Å². The van der Waals surface area contributed by atoms with Crippen LogP contribution in [0.25, 0.3) is 0 Å². The summed E-state index contributed by atoms with van der Waals surface area (Å²) in [6.07, 6.45) is 2.09. The summed E-state index contributed by atoms with van der Waals surface area (Å²) >= 11 is 0. The molecule has 1 aromatic rings. The van der Waals surface area contributed by atoms with Crippen LogP contribution in [0.4, 0.5) is 0 Å². The van der Waals surface area contributed by atoms with Crippen molar-refractivity contribution < 1.29 is 4.74 Å². The average molecular weight is 292 g/mol. The maximum absolute atomic E-state index is 6.07. The van der Waals surface area contributed by atoms with E-state index in [9.17, 15) is 0 Å². The molecule has 1 unspecified atom stereocenters. The lowest BCUT2D eigenvalue weighted by molar-refractivity contribution is 0.0932. The van der Waals surface area contributed by atoms with Crippen molar-refractivity contribution in [3.63, 3.8) is 0 Å². The summed E-state index contributed by atoms with van der Waals surface area (Å²) in [5.41, 5.74) is 7.73. The molecule has 0 radical (unpaired) electrons. The molecule has 0 aliphatic carbocycles. The van der Waals surface area contributed by atoms with Gasteiger partial charge in [0.05, 0.1) is 7.11 Å². The number of methoxy groups -OCH3 is 1. The van der Waals surface area contributed by atoms with Crippen LogP contribution < -0.4 is 10.5 Å². The second-order valence-corrected chi connectivity index (χ2v) is 7.47. The van der Waals surface area contributed by atoms with Gasteiger partial charge in [-0.25, -0.2) is 0 Å². The summed E-state index contributed by atoms with van der Waals surface area (Å²) in [7, 11) is 3.88. The van der Waals surface area contributed by atoms with Gasteiger partial charge in [-0.1, -0.05) is 32.9 Å². The van der Waals surface area contributed by atoms with Gasteiger partial charge in [-0.05, 0) is 49.9 Å².